The molecule has 0 spiro atoms. The van der Waals surface area contributed by atoms with Gasteiger partial charge in [0.1, 0.15) is 0 Å². The minimum atomic E-state index is -0.312. The van der Waals surface area contributed by atoms with Gasteiger partial charge < -0.3 is 10.5 Å². The quantitative estimate of drug-likeness (QED) is 0.870. The van der Waals surface area contributed by atoms with Gasteiger partial charge in [0.05, 0.1) is 46.1 Å². The summed E-state index contributed by atoms with van der Waals surface area (Å²) in [6.07, 6.45) is 1.76. The number of halogens is 1. The first-order chi connectivity index (χ1) is 9.86. The summed E-state index contributed by atoms with van der Waals surface area (Å²) in [5, 5.41) is 8.61. The summed E-state index contributed by atoms with van der Waals surface area (Å²) in [5.74, 6) is 0. The first-order valence-corrected chi connectivity index (χ1v) is 8.21. The van der Waals surface area contributed by atoms with Crippen molar-refractivity contribution in [2.24, 2.45) is 5.73 Å². The third-order valence-electron chi connectivity index (χ3n) is 3.14. The van der Waals surface area contributed by atoms with E-state index >= 15 is 0 Å². The van der Waals surface area contributed by atoms with Gasteiger partial charge in [-0.1, -0.05) is 25.3 Å². The van der Waals surface area contributed by atoms with Gasteiger partial charge in [0.15, 0.2) is 0 Å². The van der Waals surface area contributed by atoms with Gasteiger partial charge in [-0.05, 0) is 27.5 Å². The summed E-state index contributed by atoms with van der Waals surface area (Å²) in [4.78, 5) is 0.974. The second kappa shape index (κ2) is 6.51. The van der Waals surface area contributed by atoms with Gasteiger partial charge in [-0.15, -0.1) is 5.10 Å². The summed E-state index contributed by atoms with van der Waals surface area (Å²) in [6.45, 7) is 7.56. The van der Waals surface area contributed by atoms with E-state index in [1.165, 1.54) is 11.5 Å². The Labute approximate surface area is 137 Å². The molecule has 0 fully saturated rings. The van der Waals surface area contributed by atoms with E-state index in [4.69, 9.17) is 10.5 Å². The van der Waals surface area contributed by atoms with Gasteiger partial charge >= 0.3 is 0 Å². The second-order valence-electron chi connectivity index (χ2n) is 5.81. The van der Waals surface area contributed by atoms with Gasteiger partial charge in [0.2, 0.25) is 0 Å². The number of hydrogen-bond acceptors (Lipinski definition) is 6. The normalized spacial score (nSPS) is 13.6. The standard InChI is InChI=1S/C13H20BrN5OS/c1-13(2,3)12-11(21-18-17-12)9(15)10-8(14)7-16-19(10)5-6-20-4/h7,9H,5-6,15H2,1-4H3. The predicted molar refractivity (Wildman–Crippen MR) is 86.4 cm³/mol. The topological polar surface area (TPSA) is 78.9 Å². The molecule has 0 amide bonds. The van der Waals surface area contributed by atoms with Gasteiger partial charge in [0, 0.05) is 12.5 Å². The summed E-state index contributed by atoms with van der Waals surface area (Å²) >= 11 is 4.87. The van der Waals surface area contributed by atoms with Crippen LogP contribution in [0.5, 0.6) is 0 Å². The van der Waals surface area contributed by atoms with Crippen LogP contribution >= 0.6 is 27.5 Å². The number of aromatic nitrogens is 4. The van der Waals surface area contributed by atoms with E-state index in [2.05, 4.69) is 51.4 Å². The smallest absolute Gasteiger partial charge is 0.0864 e. The van der Waals surface area contributed by atoms with Crippen molar-refractivity contribution in [3.05, 3.63) is 26.9 Å². The lowest BCUT2D eigenvalue weighted by molar-refractivity contribution is 0.182. The van der Waals surface area contributed by atoms with E-state index in [9.17, 15) is 0 Å². The Morgan fingerprint density at radius 2 is 2.19 bits per heavy atom. The van der Waals surface area contributed by atoms with E-state index < -0.39 is 0 Å². The molecule has 0 aromatic carbocycles. The highest BCUT2D eigenvalue weighted by atomic mass is 79.9. The van der Waals surface area contributed by atoms with Crippen LogP contribution < -0.4 is 5.73 Å². The molecule has 6 nitrogen and oxygen atoms in total. The van der Waals surface area contributed by atoms with Crippen LogP contribution in [0.15, 0.2) is 10.7 Å². The average molecular weight is 374 g/mol. The molecular weight excluding hydrogens is 354 g/mol. The molecule has 0 radical (unpaired) electrons. The maximum Gasteiger partial charge on any atom is 0.0864 e. The molecule has 0 bridgehead atoms. The van der Waals surface area contributed by atoms with Gasteiger partial charge in [-0.3, -0.25) is 4.68 Å². The Morgan fingerprint density at radius 3 is 2.81 bits per heavy atom. The van der Waals surface area contributed by atoms with Gasteiger partial charge in [-0.25, -0.2) is 0 Å². The Balaban J connectivity index is 2.39. The minimum Gasteiger partial charge on any atom is -0.383 e. The van der Waals surface area contributed by atoms with Gasteiger partial charge in [0.25, 0.3) is 0 Å². The van der Waals surface area contributed by atoms with Crippen molar-refractivity contribution in [1.82, 2.24) is 19.4 Å². The van der Waals surface area contributed by atoms with Crippen molar-refractivity contribution in [1.29, 1.82) is 0 Å². The van der Waals surface area contributed by atoms with Crippen LogP contribution in [-0.4, -0.2) is 33.1 Å². The van der Waals surface area contributed by atoms with Crippen molar-refractivity contribution in [2.75, 3.05) is 13.7 Å². The molecule has 1 atom stereocenters. The largest absolute Gasteiger partial charge is 0.383 e. The highest BCUT2D eigenvalue weighted by molar-refractivity contribution is 9.10. The summed E-state index contributed by atoms with van der Waals surface area (Å²) in [7, 11) is 1.67. The molecule has 2 N–H and O–H groups in total. The number of ether oxygens (including phenoxy) is 1. The van der Waals surface area contributed by atoms with Crippen LogP contribution in [0.25, 0.3) is 0 Å². The predicted octanol–water partition coefficient (Wildman–Crippen LogP) is 2.49. The zero-order valence-electron chi connectivity index (χ0n) is 12.6. The first-order valence-electron chi connectivity index (χ1n) is 6.64. The third-order valence-corrected chi connectivity index (χ3v) is 4.56. The third kappa shape index (κ3) is 3.50. The van der Waals surface area contributed by atoms with Crippen LogP contribution in [0.2, 0.25) is 0 Å². The first kappa shape index (κ1) is 16.5. The molecule has 0 aliphatic carbocycles. The van der Waals surface area contributed by atoms with E-state index in [0.717, 1.165) is 20.7 Å². The number of nitrogens with two attached hydrogens (primary N) is 1. The lowest BCUT2D eigenvalue weighted by atomic mass is 9.89. The molecule has 2 rings (SSSR count). The maximum atomic E-state index is 6.47. The lowest BCUT2D eigenvalue weighted by Crippen LogP contribution is -2.23. The zero-order chi connectivity index (χ0) is 15.6. The van der Waals surface area contributed by atoms with E-state index in [1.807, 2.05) is 4.68 Å². The Bertz CT molecular complexity index is 604. The Morgan fingerprint density at radius 1 is 1.48 bits per heavy atom. The average Bonchev–Trinajstić information content (AvgIpc) is 3.01. The number of hydrogen-bond donors (Lipinski definition) is 1. The molecule has 1 unspecified atom stereocenters. The molecule has 8 heteroatoms. The zero-order valence-corrected chi connectivity index (χ0v) is 15.0. The van der Waals surface area contributed by atoms with Crippen molar-refractivity contribution < 1.29 is 4.74 Å². The number of rotatable bonds is 5. The molecule has 116 valence electrons. The minimum absolute atomic E-state index is 0.0934. The fourth-order valence-corrected chi connectivity index (χ4v) is 3.49. The Hall–Kier alpha value is -0.830. The summed E-state index contributed by atoms with van der Waals surface area (Å²) in [5.41, 5.74) is 8.24. The lowest BCUT2D eigenvalue weighted by Gasteiger charge is -2.20. The molecule has 2 heterocycles. The van der Waals surface area contributed by atoms with Crippen LogP contribution in [0.4, 0.5) is 0 Å². The van der Waals surface area contributed by atoms with E-state index in [1.54, 1.807) is 13.3 Å². The summed E-state index contributed by atoms with van der Waals surface area (Å²) in [6, 6.07) is -0.312. The second-order valence-corrected chi connectivity index (χ2v) is 7.45. The van der Waals surface area contributed by atoms with Crippen molar-refractivity contribution >= 4 is 27.5 Å². The van der Waals surface area contributed by atoms with E-state index in [0.29, 0.717) is 13.2 Å². The summed E-state index contributed by atoms with van der Waals surface area (Å²) < 4.78 is 12.0. The van der Waals surface area contributed by atoms with Gasteiger partial charge in [-0.2, -0.15) is 5.10 Å². The molecule has 2 aromatic rings. The van der Waals surface area contributed by atoms with Crippen LogP contribution in [0.3, 0.4) is 0 Å². The van der Waals surface area contributed by atoms with Crippen LogP contribution in [0.1, 0.15) is 43.1 Å². The number of methoxy groups -OCH3 is 1. The highest BCUT2D eigenvalue weighted by Gasteiger charge is 2.29. The molecule has 0 aliphatic heterocycles. The molecule has 21 heavy (non-hydrogen) atoms. The van der Waals surface area contributed by atoms with Crippen molar-refractivity contribution in [3.63, 3.8) is 0 Å². The monoisotopic (exact) mass is 373 g/mol. The highest BCUT2D eigenvalue weighted by Crippen LogP contribution is 2.34. The Kier molecular flexibility index (Phi) is 5.13. The fraction of sp³-hybridized carbons (Fsp3) is 0.615. The van der Waals surface area contributed by atoms with Crippen molar-refractivity contribution in [2.45, 2.75) is 38.8 Å². The maximum absolute atomic E-state index is 6.47. The van der Waals surface area contributed by atoms with E-state index in [-0.39, 0.29) is 11.5 Å². The molecule has 2 aromatic heterocycles. The van der Waals surface area contributed by atoms with Crippen molar-refractivity contribution in [3.8, 4) is 0 Å². The fourth-order valence-electron chi connectivity index (χ4n) is 2.08. The molecule has 0 aliphatic rings. The SMILES string of the molecule is COCCn1ncc(Br)c1C(N)c1snnc1C(C)(C)C. The van der Waals surface area contributed by atoms with Crippen LogP contribution in [-0.2, 0) is 16.7 Å². The number of nitrogens with zero attached hydrogens (tertiary/aromatic N) is 4. The van der Waals surface area contributed by atoms with Crippen LogP contribution in [0, 0.1) is 0 Å². The molecular formula is C13H20BrN5OS. The molecule has 0 saturated carbocycles. The molecule has 0 saturated heterocycles.